The summed E-state index contributed by atoms with van der Waals surface area (Å²) in [5, 5.41) is 10.9. The number of carbonyl (C=O) groups is 1. The second kappa shape index (κ2) is 6.60. The number of hydrogen-bond donors (Lipinski definition) is 1. The van der Waals surface area contributed by atoms with Crippen molar-refractivity contribution in [3.05, 3.63) is 42.0 Å². The summed E-state index contributed by atoms with van der Waals surface area (Å²) in [4.78, 5) is 12.3. The Morgan fingerprint density at radius 2 is 2.32 bits per heavy atom. The molecule has 1 aliphatic heterocycles. The van der Waals surface area contributed by atoms with Crippen LogP contribution in [0, 0.1) is 5.92 Å². The molecule has 0 saturated carbocycles. The largest absolute Gasteiger partial charge is 0.492 e. The Bertz CT molecular complexity index is 653. The molecule has 22 heavy (non-hydrogen) atoms. The van der Waals surface area contributed by atoms with Crippen molar-refractivity contribution in [1.82, 2.24) is 20.1 Å². The molecule has 0 saturated heterocycles. The van der Waals surface area contributed by atoms with E-state index in [2.05, 4.69) is 22.4 Å². The number of aryl methyl sites for hydroxylation is 1. The number of nitrogens with one attached hydrogen (secondary N) is 1. The summed E-state index contributed by atoms with van der Waals surface area (Å²) < 4.78 is 7.63. The predicted molar refractivity (Wildman–Crippen MR) is 81.3 cm³/mol. The number of hydrogen-bond acceptors (Lipinski definition) is 4. The van der Waals surface area contributed by atoms with Crippen molar-refractivity contribution in [3.63, 3.8) is 0 Å². The fourth-order valence-electron chi connectivity index (χ4n) is 2.65. The van der Waals surface area contributed by atoms with Gasteiger partial charge in [0.1, 0.15) is 18.7 Å². The molecule has 0 aliphatic carbocycles. The van der Waals surface area contributed by atoms with E-state index in [-0.39, 0.29) is 11.8 Å². The minimum absolute atomic E-state index is 0.000511. The minimum Gasteiger partial charge on any atom is -0.492 e. The lowest BCUT2D eigenvalue weighted by Gasteiger charge is -2.24. The first-order valence-corrected chi connectivity index (χ1v) is 7.63. The van der Waals surface area contributed by atoms with E-state index < -0.39 is 0 Å². The highest BCUT2D eigenvalue weighted by Gasteiger charge is 2.25. The molecule has 1 atom stereocenters. The zero-order valence-corrected chi connectivity index (χ0v) is 12.7. The Morgan fingerprint density at radius 3 is 3.18 bits per heavy atom. The van der Waals surface area contributed by atoms with Crippen LogP contribution in [0.2, 0.25) is 0 Å². The Labute approximate surface area is 129 Å². The number of ether oxygens (including phenoxy) is 1. The highest BCUT2D eigenvalue weighted by molar-refractivity contribution is 5.79. The van der Waals surface area contributed by atoms with Gasteiger partial charge in [0.2, 0.25) is 5.91 Å². The highest BCUT2D eigenvalue weighted by Crippen LogP contribution is 2.26. The summed E-state index contributed by atoms with van der Waals surface area (Å²) in [6.07, 6.45) is 3.42. The van der Waals surface area contributed by atoms with Crippen LogP contribution in [0.4, 0.5) is 0 Å². The standard InChI is InChI=1S/C16H20N4O2/c1-2-7-20-11-18-19-15(20)9-17-16(21)13-8-12-5-3-4-6-14(12)22-10-13/h3-6,11,13H,2,7-10H2,1H3,(H,17,21)/t13-/m0/s1. The molecule has 1 aliphatic rings. The number of benzene rings is 1. The molecule has 0 unspecified atom stereocenters. The average Bonchev–Trinajstić information content (AvgIpc) is 3.00. The van der Waals surface area contributed by atoms with Gasteiger partial charge in [-0.25, -0.2) is 0 Å². The van der Waals surface area contributed by atoms with Crippen LogP contribution in [0.3, 0.4) is 0 Å². The Balaban J connectivity index is 1.58. The van der Waals surface area contributed by atoms with E-state index in [1.54, 1.807) is 6.33 Å². The predicted octanol–water partition coefficient (Wildman–Crippen LogP) is 1.56. The number of fused-ring (bicyclic) bond motifs is 1. The van der Waals surface area contributed by atoms with E-state index in [1.807, 2.05) is 28.8 Å². The van der Waals surface area contributed by atoms with Crippen molar-refractivity contribution in [3.8, 4) is 5.75 Å². The smallest absolute Gasteiger partial charge is 0.227 e. The topological polar surface area (TPSA) is 69.0 Å². The van der Waals surface area contributed by atoms with Gasteiger partial charge in [-0.1, -0.05) is 25.1 Å². The fraction of sp³-hybridized carbons (Fsp3) is 0.438. The van der Waals surface area contributed by atoms with Crippen molar-refractivity contribution in [2.75, 3.05) is 6.61 Å². The number of carbonyl (C=O) groups excluding carboxylic acids is 1. The van der Waals surface area contributed by atoms with Gasteiger partial charge in [-0.2, -0.15) is 0 Å². The van der Waals surface area contributed by atoms with E-state index in [9.17, 15) is 4.79 Å². The van der Waals surface area contributed by atoms with Crippen LogP contribution in [0.25, 0.3) is 0 Å². The number of aromatic nitrogens is 3. The van der Waals surface area contributed by atoms with Gasteiger partial charge in [0, 0.05) is 6.54 Å². The lowest BCUT2D eigenvalue weighted by atomic mass is 9.96. The zero-order valence-electron chi connectivity index (χ0n) is 12.7. The number of para-hydroxylation sites is 1. The van der Waals surface area contributed by atoms with Crippen molar-refractivity contribution >= 4 is 5.91 Å². The molecule has 1 aromatic heterocycles. The Hall–Kier alpha value is -2.37. The van der Waals surface area contributed by atoms with Crippen molar-refractivity contribution in [2.24, 2.45) is 5.92 Å². The molecular formula is C16H20N4O2. The van der Waals surface area contributed by atoms with Crippen LogP contribution in [-0.4, -0.2) is 27.3 Å². The second-order valence-corrected chi connectivity index (χ2v) is 5.48. The molecule has 0 fully saturated rings. The third kappa shape index (κ3) is 3.10. The van der Waals surface area contributed by atoms with Gasteiger partial charge >= 0.3 is 0 Å². The molecule has 1 N–H and O–H groups in total. The molecular weight excluding hydrogens is 280 g/mol. The summed E-state index contributed by atoms with van der Waals surface area (Å²) in [6, 6.07) is 7.86. The first-order chi connectivity index (χ1) is 10.8. The summed E-state index contributed by atoms with van der Waals surface area (Å²) in [7, 11) is 0. The van der Waals surface area contributed by atoms with Crippen LogP contribution in [0.1, 0.15) is 24.7 Å². The molecule has 1 aromatic carbocycles. The van der Waals surface area contributed by atoms with Gasteiger partial charge in [-0.3, -0.25) is 4.79 Å². The number of amides is 1. The maximum atomic E-state index is 12.3. The van der Waals surface area contributed by atoms with Crippen LogP contribution < -0.4 is 10.1 Å². The van der Waals surface area contributed by atoms with Crippen LogP contribution in [-0.2, 0) is 24.3 Å². The molecule has 3 rings (SSSR count). The normalized spacial score (nSPS) is 16.7. The fourth-order valence-corrected chi connectivity index (χ4v) is 2.65. The van der Waals surface area contributed by atoms with E-state index in [1.165, 1.54) is 0 Å². The molecule has 0 radical (unpaired) electrons. The first-order valence-electron chi connectivity index (χ1n) is 7.63. The summed E-state index contributed by atoms with van der Waals surface area (Å²) >= 11 is 0. The Morgan fingerprint density at radius 1 is 1.45 bits per heavy atom. The van der Waals surface area contributed by atoms with E-state index >= 15 is 0 Å². The molecule has 0 spiro atoms. The SMILES string of the molecule is CCCn1cnnc1CNC(=O)[C@@H]1COc2ccccc2C1. The third-order valence-corrected chi connectivity index (χ3v) is 3.83. The molecule has 2 heterocycles. The number of nitrogens with zero attached hydrogens (tertiary/aromatic N) is 3. The summed E-state index contributed by atoms with van der Waals surface area (Å²) in [5.41, 5.74) is 1.09. The van der Waals surface area contributed by atoms with E-state index in [4.69, 9.17) is 4.74 Å². The van der Waals surface area contributed by atoms with Crippen LogP contribution in [0.15, 0.2) is 30.6 Å². The van der Waals surface area contributed by atoms with Gasteiger partial charge in [0.25, 0.3) is 0 Å². The maximum absolute atomic E-state index is 12.3. The van der Waals surface area contributed by atoms with Crippen LogP contribution >= 0.6 is 0 Å². The maximum Gasteiger partial charge on any atom is 0.227 e. The monoisotopic (exact) mass is 300 g/mol. The van der Waals surface area contributed by atoms with Crippen molar-refractivity contribution in [2.45, 2.75) is 32.9 Å². The first kappa shape index (κ1) is 14.6. The molecule has 116 valence electrons. The lowest BCUT2D eigenvalue weighted by molar-refractivity contribution is -0.126. The lowest BCUT2D eigenvalue weighted by Crippen LogP contribution is -2.37. The van der Waals surface area contributed by atoms with Crippen molar-refractivity contribution < 1.29 is 9.53 Å². The molecule has 1 amide bonds. The Kier molecular flexibility index (Phi) is 4.37. The molecule has 0 bridgehead atoms. The molecule has 6 nitrogen and oxygen atoms in total. The molecule has 6 heteroatoms. The third-order valence-electron chi connectivity index (χ3n) is 3.83. The zero-order chi connectivity index (χ0) is 15.4. The summed E-state index contributed by atoms with van der Waals surface area (Å²) in [5.74, 6) is 1.51. The van der Waals surface area contributed by atoms with Gasteiger partial charge in [-0.05, 0) is 24.5 Å². The van der Waals surface area contributed by atoms with Gasteiger partial charge in [0.15, 0.2) is 5.82 Å². The quantitative estimate of drug-likeness (QED) is 0.909. The van der Waals surface area contributed by atoms with Gasteiger partial charge < -0.3 is 14.6 Å². The average molecular weight is 300 g/mol. The van der Waals surface area contributed by atoms with E-state index in [0.29, 0.717) is 19.6 Å². The number of rotatable bonds is 5. The van der Waals surface area contributed by atoms with Gasteiger partial charge in [-0.15, -0.1) is 10.2 Å². The van der Waals surface area contributed by atoms with Crippen LogP contribution in [0.5, 0.6) is 5.75 Å². The van der Waals surface area contributed by atoms with Gasteiger partial charge in [0.05, 0.1) is 12.5 Å². The van der Waals surface area contributed by atoms with E-state index in [0.717, 1.165) is 30.1 Å². The van der Waals surface area contributed by atoms with Crippen molar-refractivity contribution in [1.29, 1.82) is 0 Å². The minimum atomic E-state index is -0.155. The second-order valence-electron chi connectivity index (χ2n) is 5.48. The summed E-state index contributed by atoms with van der Waals surface area (Å²) in [6.45, 7) is 3.78. The molecule has 2 aromatic rings. The highest BCUT2D eigenvalue weighted by atomic mass is 16.5.